The third-order valence-electron chi connectivity index (χ3n) is 6.57. The standard InChI is InChI=1S/C24H36N2O6/c1-30-19-8-9-22(31-2)18(16-19)17-26(11-5-10-25-12-14-32-15-13-25)23(27)20-6-3-4-7-21(20)24(28)29/h8-9,16,20-21H,3-7,10-15,17H2,1-2H3,(H,28,29). The number of aliphatic carboxylic acids is 1. The van der Waals surface area contributed by atoms with E-state index in [1.807, 2.05) is 23.1 Å². The van der Waals surface area contributed by atoms with Crippen LogP contribution in [0.1, 0.15) is 37.7 Å². The van der Waals surface area contributed by atoms with E-state index in [1.165, 1.54) is 0 Å². The van der Waals surface area contributed by atoms with Gasteiger partial charge in [-0.15, -0.1) is 0 Å². The van der Waals surface area contributed by atoms with Crippen LogP contribution in [0.3, 0.4) is 0 Å². The lowest BCUT2D eigenvalue weighted by Gasteiger charge is -2.34. The smallest absolute Gasteiger partial charge is 0.307 e. The first-order chi connectivity index (χ1) is 15.5. The largest absolute Gasteiger partial charge is 0.497 e. The summed E-state index contributed by atoms with van der Waals surface area (Å²) >= 11 is 0. The van der Waals surface area contributed by atoms with Crippen LogP contribution in [0.15, 0.2) is 18.2 Å². The molecular formula is C24H36N2O6. The molecule has 1 aliphatic heterocycles. The molecular weight excluding hydrogens is 412 g/mol. The van der Waals surface area contributed by atoms with Crippen molar-refractivity contribution in [2.45, 2.75) is 38.6 Å². The number of hydrogen-bond acceptors (Lipinski definition) is 6. The van der Waals surface area contributed by atoms with Crippen molar-refractivity contribution in [3.63, 3.8) is 0 Å². The van der Waals surface area contributed by atoms with Gasteiger partial charge in [0.1, 0.15) is 11.5 Å². The summed E-state index contributed by atoms with van der Waals surface area (Å²) in [6.45, 7) is 5.11. The normalized spacial score (nSPS) is 21.7. The molecule has 1 aliphatic carbocycles. The number of carbonyl (C=O) groups excluding carboxylic acids is 1. The van der Waals surface area contributed by atoms with E-state index in [2.05, 4.69) is 4.90 Å². The van der Waals surface area contributed by atoms with Crippen LogP contribution >= 0.6 is 0 Å². The maximum atomic E-state index is 13.6. The van der Waals surface area contributed by atoms with E-state index >= 15 is 0 Å². The molecule has 1 saturated heterocycles. The van der Waals surface area contributed by atoms with Gasteiger partial charge in [0.05, 0.1) is 39.3 Å². The van der Waals surface area contributed by atoms with Gasteiger partial charge in [-0.2, -0.15) is 0 Å². The first-order valence-corrected chi connectivity index (χ1v) is 11.6. The van der Waals surface area contributed by atoms with Crippen molar-refractivity contribution in [1.29, 1.82) is 0 Å². The van der Waals surface area contributed by atoms with Gasteiger partial charge in [-0.3, -0.25) is 14.5 Å². The van der Waals surface area contributed by atoms with Crippen LogP contribution in [-0.4, -0.2) is 80.4 Å². The SMILES string of the molecule is COc1ccc(OC)c(CN(CCCN2CCOCC2)C(=O)C2CCCCC2C(=O)O)c1. The third-order valence-corrected chi connectivity index (χ3v) is 6.57. The first-order valence-electron chi connectivity index (χ1n) is 11.6. The summed E-state index contributed by atoms with van der Waals surface area (Å²) in [4.78, 5) is 29.6. The Morgan fingerprint density at radius 1 is 1.12 bits per heavy atom. The topological polar surface area (TPSA) is 88.5 Å². The van der Waals surface area contributed by atoms with Gasteiger partial charge < -0.3 is 24.2 Å². The molecule has 32 heavy (non-hydrogen) atoms. The number of nitrogens with zero attached hydrogens (tertiary/aromatic N) is 2. The summed E-state index contributed by atoms with van der Waals surface area (Å²) in [7, 11) is 3.22. The van der Waals surface area contributed by atoms with E-state index < -0.39 is 17.8 Å². The number of amides is 1. The minimum absolute atomic E-state index is 0.0658. The van der Waals surface area contributed by atoms with Crippen LogP contribution in [0, 0.1) is 11.8 Å². The first kappa shape index (κ1) is 24.3. The predicted octanol–water partition coefficient (Wildman–Crippen LogP) is 2.65. The van der Waals surface area contributed by atoms with Gasteiger partial charge >= 0.3 is 5.97 Å². The Kier molecular flexibility index (Phi) is 9.17. The summed E-state index contributed by atoms with van der Waals surface area (Å²) in [5.74, 6) is -0.622. The molecule has 178 valence electrons. The van der Waals surface area contributed by atoms with E-state index in [0.717, 1.165) is 57.7 Å². The molecule has 2 atom stereocenters. The minimum Gasteiger partial charge on any atom is -0.497 e. The van der Waals surface area contributed by atoms with Crippen LogP contribution < -0.4 is 9.47 Å². The molecule has 0 spiro atoms. The van der Waals surface area contributed by atoms with Crippen molar-refractivity contribution < 1.29 is 28.9 Å². The zero-order valence-electron chi connectivity index (χ0n) is 19.3. The fourth-order valence-electron chi connectivity index (χ4n) is 4.74. The minimum atomic E-state index is -0.865. The molecule has 2 unspecified atom stereocenters. The molecule has 0 aromatic heterocycles. The summed E-state index contributed by atoms with van der Waals surface area (Å²) < 4.78 is 16.3. The van der Waals surface area contributed by atoms with E-state index in [4.69, 9.17) is 14.2 Å². The van der Waals surface area contributed by atoms with Crippen molar-refractivity contribution in [2.24, 2.45) is 11.8 Å². The number of ether oxygens (including phenoxy) is 3. The second-order valence-corrected chi connectivity index (χ2v) is 8.58. The average molecular weight is 449 g/mol. The maximum Gasteiger partial charge on any atom is 0.307 e. The van der Waals surface area contributed by atoms with Gasteiger partial charge in [-0.1, -0.05) is 12.8 Å². The zero-order valence-corrected chi connectivity index (χ0v) is 19.3. The Bertz CT molecular complexity index is 765. The average Bonchev–Trinajstić information content (AvgIpc) is 2.83. The van der Waals surface area contributed by atoms with Gasteiger partial charge in [0.15, 0.2) is 0 Å². The molecule has 1 amide bonds. The lowest BCUT2D eigenvalue weighted by Crippen LogP contribution is -2.44. The quantitative estimate of drug-likeness (QED) is 0.589. The number of carboxylic acid groups (broad SMARTS) is 1. The van der Waals surface area contributed by atoms with Gasteiger partial charge in [0.2, 0.25) is 5.91 Å². The Morgan fingerprint density at radius 3 is 2.50 bits per heavy atom. The number of carboxylic acids is 1. The molecule has 0 bridgehead atoms. The Balaban J connectivity index is 1.77. The highest BCUT2D eigenvalue weighted by molar-refractivity contribution is 5.85. The van der Waals surface area contributed by atoms with Crippen LogP contribution in [-0.2, 0) is 20.9 Å². The molecule has 8 nitrogen and oxygen atoms in total. The molecule has 1 aromatic carbocycles. The van der Waals surface area contributed by atoms with Gasteiger partial charge in [0.25, 0.3) is 0 Å². The number of methoxy groups -OCH3 is 2. The maximum absolute atomic E-state index is 13.6. The van der Waals surface area contributed by atoms with E-state index in [9.17, 15) is 14.7 Å². The molecule has 1 N–H and O–H groups in total. The number of rotatable bonds is 10. The number of benzene rings is 1. The Labute approximate surface area is 190 Å². The molecule has 3 rings (SSSR count). The number of morpholine rings is 1. The third kappa shape index (κ3) is 6.36. The summed E-state index contributed by atoms with van der Waals surface area (Å²) in [6.07, 6.45) is 3.77. The number of hydrogen-bond donors (Lipinski definition) is 1. The van der Waals surface area contributed by atoms with E-state index in [1.54, 1.807) is 14.2 Å². The molecule has 1 heterocycles. The zero-order chi connectivity index (χ0) is 22.9. The lowest BCUT2D eigenvalue weighted by atomic mass is 9.78. The van der Waals surface area contributed by atoms with Crippen LogP contribution in [0.4, 0.5) is 0 Å². The van der Waals surface area contributed by atoms with Gasteiger partial charge in [-0.25, -0.2) is 0 Å². The lowest BCUT2D eigenvalue weighted by molar-refractivity contribution is -0.152. The fourth-order valence-corrected chi connectivity index (χ4v) is 4.74. The molecule has 8 heteroatoms. The van der Waals surface area contributed by atoms with Crippen LogP contribution in [0.25, 0.3) is 0 Å². The molecule has 2 fully saturated rings. The van der Waals surface area contributed by atoms with E-state index in [0.29, 0.717) is 37.4 Å². The highest BCUT2D eigenvalue weighted by Crippen LogP contribution is 2.33. The molecule has 0 radical (unpaired) electrons. The predicted molar refractivity (Wildman–Crippen MR) is 120 cm³/mol. The van der Waals surface area contributed by atoms with Crippen molar-refractivity contribution in [2.75, 3.05) is 53.6 Å². The number of carbonyl (C=O) groups is 2. The second kappa shape index (κ2) is 12.1. The molecule has 1 aromatic rings. The van der Waals surface area contributed by atoms with Gasteiger partial charge in [-0.05, 0) is 37.5 Å². The highest BCUT2D eigenvalue weighted by atomic mass is 16.5. The monoisotopic (exact) mass is 448 g/mol. The second-order valence-electron chi connectivity index (χ2n) is 8.58. The van der Waals surface area contributed by atoms with Crippen LogP contribution in [0.5, 0.6) is 11.5 Å². The van der Waals surface area contributed by atoms with Crippen molar-refractivity contribution in [3.05, 3.63) is 23.8 Å². The van der Waals surface area contributed by atoms with Crippen molar-refractivity contribution in [1.82, 2.24) is 9.80 Å². The molecule has 1 saturated carbocycles. The Hall–Kier alpha value is -2.32. The van der Waals surface area contributed by atoms with E-state index in [-0.39, 0.29) is 5.91 Å². The van der Waals surface area contributed by atoms with Crippen molar-refractivity contribution in [3.8, 4) is 11.5 Å². The summed E-state index contributed by atoms with van der Waals surface area (Å²) in [6, 6.07) is 5.55. The van der Waals surface area contributed by atoms with Crippen LogP contribution in [0.2, 0.25) is 0 Å². The van der Waals surface area contributed by atoms with Crippen molar-refractivity contribution >= 4 is 11.9 Å². The summed E-state index contributed by atoms with van der Waals surface area (Å²) in [5, 5.41) is 9.70. The fraction of sp³-hybridized carbons (Fsp3) is 0.667. The highest BCUT2D eigenvalue weighted by Gasteiger charge is 2.38. The van der Waals surface area contributed by atoms with Gasteiger partial charge in [0, 0.05) is 38.3 Å². The molecule has 2 aliphatic rings. The Morgan fingerprint density at radius 2 is 1.84 bits per heavy atom. The summed E-state index contributed by atoms with van der Waals surface area (Å²) in [5.41, 5.74) is 0.856.